The van der Waals surface area contributed by atoms with Crippen LogP contribution in [0.3, 0.4) is 0 Å². The summed E-state index contributed by atoms with van der Waals surface area (Å²) >= 11 is 3.04. The van der Waals surface area contributed by atoms with E-state index < -0.39 is 4.95 Å². The summed E-state index contributed by atoms with van der Waals surface area (Å²) in [5.74, 6) is 0.0541. The lowest BCUT2D eigenvalue weighted by Crippen LogP contribution is -2.46. The zero-order valence-corrected chi connectivity index (χ0v) is 6.26. The summed E-state index contributed by atoms with van der Waals surface area (Å²) in [5, 5.41) is 8.30. The van der Waals surface area contributed by atoms with Crippen molar-refractivity contribution in [2.75, 3.05) is 6.54 Å². The van der Waals surface area contributed by atoms with Gasteiger partial charge in [0.05, 0.1) is 6.07 Å². The van der Waals surface area contributed by atoms with Crippen LogP contribution in [-0.4, -0.2) is 22.3 Å². The van der Waals surface area contributed by atoms with Crippen LogP contribution < -0.4 is 0 Å². The SMILES string of the molecule is N#CC(Br)N1CCC1=O. The van der Waals surface area contributed by atoms with Gasteiger partial charge in [-0.3, -0.25) is 4.79 Å². The average molecular weight is 189 g/mol. The van der Waals surface area contributed by atoms with Crippen molar-refractivity contribution in [3.05, 3.63) is 0 Å². The molecule has 0 N–H and O–H groups in total. The Bertz CT molecular complexity index is 174. The molecule has 0 spiro atoms. The van der Waals surface area contributed by atoms with Crippen LogP contribution in [0.2, 0.25) is 0 Å². The molecule has 1 saturated heterocycles. The van der Waals surface area contributed by atoms with E-state index in [0.717, 1.165) is 0 Å². The van der Waals surface area contributed by atoms with Crippen molar-refractivity contribution in [1.82, 2.24) is 4.90 Å². The summed E-state index contributed by atoms with van der Waals surface area (Å²) in [6, 6.07) is 1.92. The number of likely N-dealkylation sites (tertiary alicyclic amines) is 1. The van der Waals surface area contributed by atoms with Crippen LogP contribution >= 0.6 is 15.9 Å². The number of carbonyl (C=O) groups is 1. The van der Waals surface area contributed by atoms with Crippen molar-refractivity contribution >= 4 is 21.8 Å². The van der Waals surface area contributed by atoms with Gasteiger partial charge in [0, 0.05) is 13.0 Å². The molecule has 1 aliphatic rings. The van der Waals surface area contributed by atoms with Crippen LogP contribution in [0.4, 0.5) is 0 Å². The van der Waals surface area contributed by atoms with E-state index in [1.807, 2.05) is 6.07 Å². The minimum absolute atomic E-state index is 0.0541. The second-order valence-corrected chi connectivity index (χ2v) is 2.67. The van der Waals surface area contributed by atoms with Gasteiger partial charge in [-0.05, 0) is 15.9 Å². The Hall–Kier alpha value is -0.560. The molecule has 0 aromatic rings. The highest BCUT2D eigenvalue weighted by molar-refractivity contribution is 9.09. The van der Waals surface area contributed by atoms with E-state index in [0.29, 0.717) is 13.0 Å². The summed E-state index contributed by atoms with van der Waals surface area (Å²) in [4.78, 5) is 11.6. The number of rotatable bonds is 1. The first-order chi connectivity index (χ1) is 4.25. The first-order valence-electron chi connectivity index (χ1n) is 2.59. The standard InChI is InChI=1S/C5H5BrN2O/c6-4(3-7)8-2-1-5(8)9/h4H,1-2H2. The number of β-lactam (4-membered cyclic amide) rings is 1. The molecule has 4 heteroatoms. The van der Waals surface area contributed by atoms with E-state index in [-0.39, 0.29) is 5.91 Å². The van der Waals surface area contributed by atoms with E-state index >= 15 is 0 Å². The fraction of sp³-hybridized carbons (Fsp3) is 0.600. The molecule has 1 heterocycles. The van der Waals surface area contributed by atoms with Crippen LogP contribution in [-0.2, 0) is 4.79 Å². The Labute approximate surface area is 61.4 Å². The van der Waals surface area contributed by atoms with Gasteiger partial charge in [-0.2, -0.15) is 5.26 Å². The molecular weight excluding hydrogens is 184 g/mol. The molecule has 0 aliphatic carbocycles. The molecule has 0 aromatic carbocycles. The number of alkyl halides is 1. The topological polar surface area (TPSA) is 44.1 Å². The minimum atomic E-state index is -0.418. The predicted molar refractivity (Wildman–Crippen MR) is 34.7 cm³/mol. The molecule has 1 aliphatic heterocycles. The quantitative estimate of drug-likeness (QED) is 0.341. The molecule has 1 rings (SSSR count). The molecule has 1 atom stereocenters. The number of hydrogen-bond donors (Lipinski definition) is 0. The Balaban J connectivity index is 2.46. The van der Waals surface area contributed by atoms with E-state index in [4.69, 9.17) is 5.26 Å². The molecule has 0 radical (unpaired) electrons. The first-order valence-corrected chi connectivity index (χ1v) is 3.50. The molecular formula is C5H5BrN2O. The van der Waals surface area contributed by atoms with E-state index in [9.17, 15) is 4.79 Å². The Kier molecular flexibility index (Phi) is 1.72. The smallest absolute Gasteiger partial charge is 0.226 e. The Morgan fingerprint density at radius 1 is 1.89 bits per heavy atom. The van der Waals surface area contributed by atoms with Gasteiger partial charge in [-0.25, -0.2) is 0 Å². The van der Waals surface area contributed by atoms with Crippen LogP contribution in [0.5, 0.6) is 0 Å². The van der Waals surface area contributed by atoms with E-state index in [1.165, 1.54) is 4.90 Å². The van der Waals surface area contributed by atoms with Crippen molar-refractivity contribution in [3.8, 4) is 6.07 Å². The summed E-state index contributed by atoms with van der Waals surface area (Å²) in [6.07, 6.45) is 0.587. The van der Waals surface area contributed by atoms with Crippen molar-refractivity contribution < 1.29 is 4.79 Å². The van der Waals surface area contributed by atoms with Crippen molar-refractivity contribution in [2.45, 2.75) is 11.4 Å². The van der Waals surface area contributed by atoms with Crippen LogP contribution in [0.15, 0.2) is 0 Å². The van der Waals surface area contributed by atoms with Crippen LogP contribution in [0.1, 0.15) is 6.42 Å². The average Bonchev–Trinajstić information content (AvgIpc) is 1.84. The second kappa shape index (κ2) is 2.36. The monoisotopic (exact) mass is 188 g/mol. The fourth-order valence-electron chi connectivity index (χ4n) is 0.642. The van der Waals surface area contributed by atoms with Gasteiger partial charge in [0.2, 0.25) is 5.91 Å². The Morgan fingerprint density at radius 2 is 2.56 bits per heavy atom. The molecule has 0 bridgehead atoms. The number of halogens is 1. The van der Waals surface area contributed by atoms with Gasteiger partial charge in [0.15, 0.2) is 4.95 Å². The Morgan fingerprint density at radius 3 is 2.67 bits per heavy atom. The minimum Gasteiger partial charge on any atom is -0.317 e. The third kappa shape index (κ3) is 1.06. The zero-order chi connectivity index (χ0) is 6.85. The summed E-state index contributed by atoms with van der Waals surface area (Å²) in [5.41, 5.74) is 0. The third-order valence-electron chi connectivity index (χ3n) is 1.27. The van der Waals surface area contributed by atoms with Crippen molar-refractivity contribution in [1.29, 1.82) is 5.26 Å². The van der Waals surface area contributed by atoms with Gasteiger partial charge in [0.25, 0.3) is 0 Å². The second-order valence-electron chi connectivity index (χ2n) is 1.80. The van der Waals surface area contributed by atoms with Crippen molar-refractivity contribution in [3.63, 3.8) is 0 Å². The zero-order valence-electron chi connectivity index (χ0n) is 4.67. The highest BCUT2D eigenvalue weighted by Crippen LogP contribution is 2.16. The predicted octanol–water partition coefficient (Wildman–Crippen LogP) is 0.463. The molecule has 1 unspecified atom stereocenters. The highest BCUT2D eigenvalue weighted by atomic mass is 79.9. The molecule has 9 heavy (non-hydrogen) atoms. The summed E-state index contributed by atoms with van der Waals surface area (Å²) in [6.45, 7) is 0.711. The third-order valence-corrected chi connectivity index (χ3v) is 1.97. The van der Waals surface area contributed by atoms with Gasteiger partial charge >= 0.3 is 0 Å². The van der Waals surface area contributed by atoms with Gasteiger partial charge in [-0.1, -0.05) is 0 Å². The maximum atomic E-state index is 10.6. The number of nitriles is 1. The van der Waals surface area contributed by atoms with Gasteiger partial charge < -0.3 is 4.90 Å². The summed E-state index contributed by atoms with van der Waals surface area (Å²) in [7, 11) is 0. The molecule has 0 aromatic heterocycles. The lowest BCUT2D eigenvalue weighted by molar-refractivity contribution is -0.139. The largest absolute Gasteiger partial charge is 0.317 e. The van der Waals surface area contributed by atoms with E-state index in [1.54, 1.807) is 0 Å². The highest BCUT2D eigenvalue weighted by Gasteiger charge is 2.28. The lowest BCUT2D eigenvalue weighted by atomic mass is 10.2. The molecule has 1 amide bonds. The molecule has 3 nitrogen and oxygen atoms in total. The number of hydrogen-bond acceptors (Lipinski definition) is 2. The molecule has 0 saturated carbocycles. The number of nitrogens with zero attached hydrogens (tertiary/aromatic N) is 2. The molecule has 48 valence electrons. The first kappa shape index (κ1) is 6.56. The maximum absolute atomic E-state index is 10.6. The fourth-order valence-corrected chi connectivity index (χ4v) is 1.07. The number of amides is 1. The van der Waals surface area contributed by atoms with Gasteiger partial charge in [-0.15, -0.1) is 0 Å². The summed E-state index contributed by atoms with van der Waals surface area (Å²) < 4.78 is 0. The molecule has 1 fully saturated rings. The normalized spacial score (nSPS) is 20.4. The van der Waals surface area contributed by atoms with Crippen molar-refractivity contribution in [2.24, 2.45) is 0 Å². The van der Waals surface area contributed by atoms with E-state index in [2.05, 4.69) is 15.9 Å². The maximum Gasteiger partial charge on any atom is 0.226 e. The van der Waals surface area contributed by atoms with Crippen LogP contribution in [0, 0.1) is 11.3 Å². The van der Waals surface area contributed by atoms with Crippen LogP contribution in [0.25, 0.3) is 0 Å². The number of carbonyl (C=O) groups excluding carboxylic acids is 1. The van der Waals surface area contributed by atoms with Gasteiger partial charge in [0.1, 0.15) is 0 Å². The lowest BCUT2D eigenvalue weighted by Gasteiger charge is -2.31.